The SMILES string of the molecule is [2H]c1c([2H])c([2H])c(-c2cccc(-c3c([2H])c([2H])c([2H])c([2H])c3[2H])c2-[n+]2[c-]n(-c3[c-]c(Oc4[c-]c5c(cc4)c4cc(-c6cc(-c7ccccc7)cc(-c7ccccc7)c6)ccc4n5-c4cc(C(C)(C)C)ccn4)ccn3)c3ccccc32)c([2H])c1[2H].[Pt]. The zero-order valence-corrected chi connectivity index (χ0v) is 43.6. The molecule has 13 rings (SSSR count). The number of imidazole rings is 1. The Morgan fingerprint density at radius 3 is 1.76 bits per heavy atom. The number of rotatable bonds is 10. The minimum atomic E-state index is -0.585. The summed E-state index contributed by atoms with van der Waals surface area (Å²) in [6, 6.07) is 57.2. The average Bonchev–Trinajstić information content (AvgIpc) is 1.84. The molecule has 0 aliphatic carbocycles. The summed E-state index contributed by atoms with van der Waals surface area (Å²) in [6.07, 6.45) is 6.78. The van der Waals surface area contributed by atoms with Gasteiger partial charge >= 0.3 is 0 Å². The number of hydrogen-bond donors (Lipinski definition) is 0. The van der Waals surface area contributed by atoms with E-state index >= 15 is 0 Å². The zero-order chi connectivity index (χ0) is 59.2. The molecule has 0 spiro atoms. The van der Waals surface area contributed by atoms with Crippen molar-refractivity contribution in [3.05, 3.63) is 267 Å². The molecule has 0 aliphatic heterocycles. The van der Waals surface area contributed by atoms with Crippen LogP contribution in [-0.2, 0) is 26.5 Å². The average molecular weight is 1170 g/mol. The number of nitrogens with zero attached hydrogens (tertiary/aromatic N) is 5. The minimum absolute atomic E-state index is 0. The molecule has 0 fully saturated rings. The van der Waals surface area contributed by atoms with Crippen LogP contribution in [-0.4, -0.2) is 19.1 Å². The van der Waals surface area contributed by atoms with Crippen LogP contribution in [0.2, 0.25) is 0 Å². The summed E-state index contributed by atoms with van der Waals surface area (Å²) in [5.74, 6) is 1.61. The second-order valence-corrected chi connectivity index (χ2v) is 19.2. The van der Waals surface area contributed by atoms with Gasteiger partial charge in [-0.05, 0) is 114 Å². The number of aromatic nitrogens is 5. The van der Waals surface area contributed by atoms with Gasteiger partial charge in [0.15, 0.2) is 0 Å². The van der Waals surface area contributed by atoms with E-state index in [4.69, 9.17) is 28.4 Å². The van der Waals surface area contributed by atoms with Gasteiger partial charge in [-0.2, -0.15) is 18.2 Å². The summed E-state index contributed by atoms with van der Waals surface area (Å²) in [7, 11) is 0. The maximum absolute atomic E-state index is 9.08. The summed E-state index contributed by atoms with van der Waals surface area (Å²) in [5, 5.41) is 1.92. The fraction of sp³-hybridized carbons (Fsp3) is 0.0580. The van der Waals surface area contributed by atoms with Gasteiger partial charge in [-0.3, -0.25) is 14.1 Å². The molecule has 9 aromatic carbocycles. The van der Waals surface area contributed by atoms with E-state index in [1.54, 1.807) is 51.7 Å². The van der Waals surface area contributed by atoms with Gasteiger partial charge in [0.25, 0.3) is 6.33 Å². The quantitative estimate of drug-likeness (QED) is 0.101. The van der Waals surface area contributed by atoms with E-state index in [9.17, 15) is 0 Å². The van der Waals surface area contributed by atoms with Crippen molar-refractivity contribution in [2.45, 2.75) is 26.2 Å². The van der Waals surface area contributed by atoms with Crippen LogP contribution >= 0.6 is 0 Å². The normalized spacial score (nSPS) is 13.4. The smallest absolute Gasteiger partial charge is 0.269 e. The van der Waals surface area contributed by atoms with Crippen molar-refractivity contribution in [2.24, 2.45) is 0 Å². The Labute approximate surface area is 471 Å². The molecule has 0 amide bonds. The Morgan fingerprint density at radius 1 is 0.500 bits per heavy atom. The molecule has 0 saturated carbocycles. The van der Waals surface area contributed by atoms with Gasteiger partial charge in [-0.15, -0.1) is 17.5 Å². The van der Waals surface area contributed by atoms with E-state index in [1.807, 2.05) is 48.7 Å². The molecule has 0 saturated heterocycles. The molecule has 4 aromatic heterocycles. The molecule has 0 atom stereocenters. The summed E-state index contributed by atoms with van der Waals surface area (Å²) < 4.78 is 99.6. The zero-order valence-electron chi connectivity index (χ0n) is 51.3. The van der Waals surface area contributed by atoms with Gasteiger partial charge in [-0.1, -0.05) is 208 Å². The first kappa shape index (κ1) is 37.7. The monoisotopic (exact) mass is 1170 g/mol. The first-order chi connectivity index (χ1) is 40.9. The van der Waals surface area contributed by atoms with Crippen molar-refractivity contribution in [2.75, 3.05) is 0 Å². The number of benzene rings is 9. The molecule has 6 nitrogen and oxygen atoms in total. The number of hydrogen-bond acceptors (Lipinski definition) is 3. The Hall–Kier alpha value is -8.96. The number of pyridine rings is 2. The maximum Gasteiger partial charge on any atom is 0.269 e. The summed E-state index contributed by atoms with van der Waals surface area (Å²) in [6.45, 7) is 6.53. The van der Waals surface area contributed by atoms with Crippen LogP contribution in [0.25, 0.3) is 106 Å². The third kappa shape index (κ3) is 9.01. The van der Waals surface area contributed by atoms with Gasteiger partial charge in [-0.25, -0.2) is 4.98 Å². The second-order valence-electron chi connectivity index (χ2n) is 19.2. The van der Waals surface area contributed by atoms with Crippen LogP contribution < -0.4 is 9.30 Å². The van der Waals surface area contributed by atoms with Gasteiger partial charge in [0, 0.05) is 38.5 Å². The molecular weight excluding hydrogens is 1110 g/mol. The Bertz CT molecular complexity index is 4670. The Kier molecular flexibility index (Phi) is 9.95. The molecule has 0 radical (unpaired) electrons. The van der Waals surface area contributed by atoms with E-state index < -0.39 is 60.4 Å². The Morgan fingerprint density at radius 2 is 1.11 bits per heavy atom. The molecule has 0 unspecified atom stereocenters. The van der Waals surface area contributed by atoms with Crippen LogP contribution in [0, 0.1) is 18.5 Å². The van der Waals surface area contributed by atoms with E-state index in [0.717, 1.165) is 66.6 Å². The molecule has 4 heterocycles. The maximum atomic E-state index is 9.08. The first-order valence-electron chi connectivity index (χ1n) is 29.5. The van der Waals surface area contributed by atoms with Crippen LogP contribution in [0.15, 0.2) is 243 Å². The third-order valence-corrected chi connectivity index (χ3v) is 13.4. The van der Waals surface area contributed by atoms with Gasteiger partial charge in [0.05, 0.1) is 36.2 Å². The minimum Gasteiger partial charge on any atom is -0.522 e. The van der Waals surface area contributed by atoms with E-state index in [2.05, 4.69) is 135 Å². The number of fused-ring (bicyclic) bond motifs is 4. The molecule has 7 heteroatoms. The summed E-state index contributed by atoms with van der Waals surface area (Å²) in [4.78, 5) is 9.68. The molecular formula is C69H49N5OPt-2. The molecule has 368 valence electrons. The standard InChI is InChI=1S/C69H49N5O.Pt/c1-69(2,3)55-35-37-71-67(43-55)74-62-34-31-51(54-40-52(47-19-8-4-9-20-47)39-53(41-54)48-21-10-5-11-22-48)42-61(62)60-33-32-56(44-65(60)74)75-57-36-38-70-66(45-57)72-46-73(64-30-17-16-29-63(64)72)68-58(49-23-12-6-13-24-49)27-18-28-59(68)50-25-14-7-15-26-50;/h4-43H,1-3H3;/q-2;/i6D,7D,12D,13D,14D,15D,23D,24D,25D,26D;. The predicted octanol–water partition coefficient (Wildman–Crippen LogP) is 16.6. The van der Waals surface area contributed by atoms with Crippen molar-refractivity contribution in [1.29, 1.82) is 0 Å². The van der Waals surface area contributed by atoms with Gasteiger partial charge in [0.2, 0.25) is 0 Å². The molecule has 0 N–H and O–H groups in total. The summed E-state index contributed by atoms with van der Waals surface area (Å²) >= 11 is 0. The van der Waals surface area contributed by atoms with E-state index in [1.165, 1.54) is 0 Å². The van der Waals surface area contributed by atoms with Gasteiger partial charge < -0.3 is 9.30 Å². The van der Waals surface area contributed by atoms with Crippen molar-refractivity contribution in [1.82, 2.24) is 19.1 Å². The second kappa shape index (κ2) is 20.0. The topological polar surface area (TPSA) is 48.8 Å². The fourth-order valence-corrected chi connectivity index (χ4v) is 9.79. The molecule has 0 bridgehead atoms. The fourth-order valence-electron chi connectivity index (χ4n) is 9.79. The first-order valence-corrected chi connectivity index (χ1v) is 24.5. The van der Waals surface area contributed by atoms with E-state index in [0.29, 0.717) is 16.8 Å². The van der Waals surface area contributed by atoms with Crippen LogP contribution in [0.4, 0.5) is 0 Å². The Balaban J connectivity index is 0.00000724. The van der Waals surface area contributed by atoms with Crippen LogP contribution in [0.1, 0.15) is 40.0 Å². The molecule has 13 aromatic rings. The van der Waals surface area contributed by atoms with E-state index in [-0.39, 0.29) is 66.0 Å². The van der Waals surface area contributed by atoms with Crippen molar-refractivity contribution in [3.8, 4) is 84.5 Å². The van der Waals surface area contributed by atoms with Crippen molar-refractivity contribution >= 4 is 32.8 Å². The van der Waals surface area contributed by atoms with Crippen molar-refractivity contribution in [3.63, 3.8) is 0 Å². The van der Waals surface area contributed by atoms with Crippen LogP contribution in [0.5, 0.6) is 11.5 Å². The molecule has 0 aliphatic rings. The third-order valence-electron chi connectivity index (χ3n) is 13.4. The number of ether oxygens (including phenoxy) is 1. The summed E-state index contributed by atoms with van der Waals surface area (Å²) in [5.41, 5.74) is 10.2. The molecule has 76 heavy (non-hydrogen) atoms. The largest absolute Gasteiger partial charge is 0.522 e. The van der Waals surface area contributed by atoms with Crippen LogP contribution in [0.3, 0.4) is 0 Å². The van der Waals surface area contributed by atoms with Crippen molar-refractivity contribution < 1.29 is 44.1 Å². The van der Waals surface area contributed by atoms with Gasteiger partial charge in [0.1, 0.15) is 5.82 Å². The number of para-hydroxylation sites is 3. The predicted molar refractivity (Wildman–Crippen MR) is 304 cm³/mol.